The van der Waals surface area contributed by atoms with Crippen LogP contribution in [-0.4, -0.2) is 67.9 Å². The summed E-state index contributed by atoms with van der Waals surface area (Å²) in [5.74, 6) is -2.22. The topological polar surface area (TPSA) is 116 Å². The van der Waals surface area contributed by atoms with Crippen molar-refractivity contribution in [2.75, 3.05) is 18.0 Å². The normalized spacial score (nSPS) is 18.9. The van der Waals surface area contributed by atoms with Crippen LogP contribution in [0.3, 0.4) is 0 Å². The lowest BCUT2D eigenvalue weighted by Crippen LogP contribution is -2.39. The summed E-state index contributed by atoms with van der Waals surface area (Å²) >= 11 is 0. The smallest absolute Gasteiger partial charge is 0.326 e. The van der Waals surface area contributed by atoms with E-state index in [0.717, 1.165) is 34.1 Å². The molecular weight excluding hydrogens is 520 g/mol. The third kappa shape index (κ3) is 4.95. The summed E-state index contributed by atoms with van der Waals surface area (Å²) in [4.78, 5) is 40.3. The van der Waals surface area contributed by atoms with Crippen molar-refractivity contribution < 1.29 is 24.6 Å². The number of para-hydroxylation sites is 1. The Kier molecular flexibility index (Phi) is 7.01. The highest BCUT2D eigenvalue weighted by Gasteiger charge is 2.34. The molecule has 2 N–H and O–H groups in total. The molecule has 2 aliphatic heterocycles. The van der Waals surface area contributed by atoms with Gasteiger partial charge in [0.1, 0.15) is 17.8 Å². The number of amides is 1. The lowest BCUT2D eigenvalue weighted by Gasteiger charge is -2.27. The minimum Gasteiger partial charge on any atom is -0.480 e. The van der Waals surface area contributed by atoms with E-state index in [1.165, 1.54) is 11.0 Å². The van der Waals surface area contributed by atoms with Gasteiger partial charge in [0.25, 0.3) is 0 Å². The van der Waals surface area contributed by atoms with Crippen LogP contribution in [-0.2, 0) is 14.4 Å². The first-order valence-corrected chi connectivity index (χ1v) is 13.8. The summed E-state index contributed by atoms with van der Waals surface area (Å²) in [7, 11) is 0. The maximum atomic E-state index is 13.1. The monoisotopic (exact) mass is 550 g/mol. The molecule has 208 valence electrons. The molecule has 3 aromatic carbocycles. The summed E-state index contributed by atoms with van der Waals surface area (Å²) in [5, 5.41) is 26.4. The van der Waals surface area contributed by atoms with Crippen molar-refractivity contribution in [2.24, 2.45) is 0 Å². The molecule has 2 saturated heterocycles. The number of aromatic nitrogens is 2. The number of nitrogens with zero attached hydrogens (tertiary/aromatic N) is 4. The molecule has 6 rings (SSSR count). The van der Waals surface area contributed by atoms with Gasteiger partial charge in [-0.05, 0) is 60.7 Å². The average Bonchev–Trinajstić information content (AvgIpc) is 3.75. The first-order valence-electron chi connectivity index (χ1n) is 13.8. The van der Waals surface area contributed by atoms with Crippen LogP contribution in [0.15, 0.2) is 79.0 Å². The van der Waals surface area contributed by atoms with Crippen molar-refractivity contribution in [3.63, 3.8) is 0 Å². The summed E-state index contributed by atoms with van der Waals surface area (Å²) in [5.41, 5.74) is 3.67. The van der Waals surface area contributed by atoms with E-state index >= 15 is 0 Å². The van der Waals surface area contributed by atoms with Gasteiger partial charge in [0, 0.05) is 42.2 Å². The molecule has 9 heteroatoms. The van der Waals surface area contributed by atoms with Crippen molar-refractivity contribution in [3.8, 4) is 16.9 Å². The summed E-state index contributed by atoms with van der Waals surface area (Å²) in [6.45, 7) is 1.01. The lowest BCUT2D eigenvalue weighted by molar-refractivity contribution is -0.146. The zero-order valence-electron chi connectivity index (χ0n) is 22.4. The highest BCUT2D eigenvalue weighted by Crippen LogP contribution is 2.41. The van der Waals surface area contributed by atoms with Gasteiger partial charge in [-0.25, -0.2) is 14.3 Å². The predicted molar refractivity (Wildman–Crippen MR) is 156 cm³/mol. The molecule has 0 saturated carbocycles. The molecule has 0 unspecified atom stereocenters. The summed E-state index contributed by atoms with van der Waals surface area (Å²) in [6, 6.07) is 20.0. The predicted octanol–water partition coefficient (Wildman–Crippen LogP) is 4.83. The number of carbonyl (C=O) groups is 3. The van der Waals surface area contributed by atoms with E-state index in [2.05, 4.69) is 0 Å². The lowest BCUT2D eigenvalue weighted by atomic mass is 9.96. The van der Waals surface area contributed by atoms with Gasteiger partial charge in [-0.3, -0.25) is 4.79 Å². The summed E-state index contributed by atoms with van der Waals surface area (Å²) in [6.07, 6.45) is 7.35. The quantitative estimate of drug-likeness (QED) is 0.317. The molecule has 0 bridgehead atoms. The zero-order valence-corrected chi connectivity index (χ0v) is 22.4. The third-order valence-electron chi connectivity index (χ3n) is 7.98. The van der Waals surface area contributed by atoms with Crippen molar-refractivity contribution >= 4 is 40.4 Å². The molecule has 2 fully saturated rings. The molecular formula is C32H30N4O5. The average molecular weight is 551 g/mol. The Morgan fingerprint density at radius 3 is 2.32 bits per heavy atom. The molecule has 1 aromatic heterocycles. The largest absolute Gasteiger partial charge is 0.480 e. The Morgan fingerprint density at radius 2 is 1.54 bits per heavy atom. The van der Waals surface area contributed by atoms with Crippen LogP contribution in [0.5, 0.6) is 0 Å². The first kappa shape index (κ1) is 26.3. The highest BCUT2D eigenvalue weighted by molar-refractivity contribution is 6.05. The van der Waals surface area contributed by atoms with Crippen LogP contribution in [0.1, 0.15) is 31.2 Å². The van der Waals surface area contributed by atoms with E-state index in [1.54, 1.807) is 10.8 Å². The molecule has 9 nitrogen and oxygen atoms in total. The van der Waals surface area contributed by atoms with Gasteiger partial charge in [-0.15, -0.1) is 0 Å². The van der Waals surface area contributed by atoms with Crippen LogP contribution in [0.2, 0.25) is 0 Å². The Hall–Kier alpha value is -4.92. The second kappa shape index (κ2) is 10.9. The number of anilines is 1. The van der Waals surface area contributed by atoms with Crippen LogP contribution in [0, 0.1) is 0 Å². The van der Waals surface area contributed by atoms with Gasteiger partial charge in [-0.1, -0.05) is 48.5 Å². The molecule has 0 aliphatic carbocycles. The van der Waals surface area contributed by atoms with Crippen molar-refractivity contribution in [1.82, 2.24) is 14.7 Å². The zero-order chi connectivity index (χ0) is 28.5. The number of aliphatic carboxylic acids is 2. The Balaban J connectivity index is 1.52. The Bertz CT molecular complexity index is 1660. The Morgan fingerprint density at radius 1 is 0.829 bits per heavy atom. The number of carbonyl (C=O) groups excluding carboxylic acids is 1. The van der Waals surface area contributed by atoms with Gasteiger partial charge in [0.2, 0.25) is 5.91 Å². The molecule has 41 heavy (non-hydrogen) atoms. The van der Waals surface area contributed by atoms with Gasteiger partial charge >= 0.3 is 11.9 Å². The number of rotatable bonds is 7. The second-order valence-corrected chi connectivity index (χ2v) is 10.4. The molecule has 4 aromatic rings. The van der Waals surface area contributed by atoms with Crippen molar-refractivity contribution in [1.29, 1.82) is 0 Å². The van der Waals surface area contributed by atoms with Gasteiger partial charge < -0.3 is 20.0 Å². The number of benzene rings is 3. The molecule has 3 heterocycles. The van der Waals surface area contributed by atoms with Crippen LogP contribution < -0.4 is 4.90 Å². The van der Waals surface area contributed by atoms with Gasteiger partial charge in [0.15, 0.2) is 0 Å². The molecule has 2 atom stereocenters. The van der Waals surface area contributed by atoms with Crippen molar-refractivity contribution in [2.45, 2.75) is 37.8 Å². The number of fused-ring (bicyclic) bond motifs is 1. The second-order valence-electron chi connectivity index (χ2n) is 10.4. The minimum absolute atomic E-state index is 0.364. The maximum absolute atomic E-state index is 13.1. The third-order valence-corrected chi connectivity index (χ3v) is 7.98. The molecule has 1 amide bonds. The number of carboxylic acid groups (broad SMARTS) is 2. The fraction of sp³-hybridized carbons (Fsp3) is 0.250. The van der Waals surface area contributed by atoms with Crippen LogP contribution in [0.25, 0.3) is 33.8 Å². The number of carboxylic acids is 2. The van der Waals surface area contributed by atoms with E-state index in [9.17, 15) is 24.6 Å². The fourth-order valence-corrected chi connectivity index (χ4v) is 6.02. The minimum atomic E-state index is -0.999. The molecule has 0 spiro atoms. The van der Waals surface area contributed by atoms with E-state index in [1.807, 2.05) is 77.8 Å². The standard InChI is InChI=1S/C32H30N4O5/c37-28(35-19-7-13-27(35)32(40)41)17-15-22-20-36(23-9-2-1-3-10-23)33-30(22)29-24-11-5-4-8-21(24)14-16-25(29)34-18-6-12-26(34)31(38)39/h1-5,8-11,14-17,20,26-27H,6-7,12-13,18-19H2,(H,38,39)(H,40,41)/b17-15+/t26-,27-/m0/s1. The summed E-state index contributed by atoms with van der Waals surface area (Å²) < 4.78 is 1.75. The first-order chi connectivity index (χ1) is 19.9. The van der Waals surface area contributed by atoms with E-state index in [-0.39, 0.29) is 5.91 Å². The number of hydrogen-bond donors (Lipinski definition) is 2. The van der Waals surface area contributed by atoms with E-state index in [4.69, 9.17) is 5.10 Å². The van der Waals surface area contributed by atoms with E-state index in [0.29, 0.717) is 43.6 Å². The van der Waals surface area contributed by atoms with E-state index < -0.39 is 24.0 Å². The molecule has 0 radical (unpaired) electrons. The van der Waals surface area contributed by atoms with Crippen LogP contribution >= 0.6 is 0 Å². The highest BCUT2D eigenvalue weighted by atomic mass is 16.4. The number of likely N-dealkylation sites (tertiary alicyclic amines) is 1. The van der Waals surface area contributed by atoms with Crippen LogP contribution in [0.4, 0.5) is 5.69 Å². The maximum Gasteiger partial charge on any atom is 0.326 e. The van der Waals surface area contributed by atoms with Gasteiger partial charge in [0.05, 0.1) is 5.69 Å². The fourth-order valence-electron chi connectivity index (χ4n) is 6.02. The SMILES string of the molecule is O=C(O)[C@@H]1CCCN1C(=O)/C=C/c1cn(-c2ccccc2)nc1-c1c(N2CCC[C@H]2C(=O)O)ccc2ccccc12. The Labute approximate surface area is 236 Å². The number of hydrogen-bond acceptors (Lipinski definition) is 5. The van der Waals surface area contributed by atoms with Crippen molar-refractivity contribution in [3.05, 3.63) is 84.6 Å². The van der Waals surface area contributed by atoms with Gasteiger partial charge in [-0.2, -0.15) is 5.10 Å². The molecule has 2 aliphatic rings.